The van der Waals surface area contributed by atoms with Crippen molar-refractivity contribution in [1.82, 2.24) is 9.66 Å². The normalized spacial score (nSPS) is 11.5. The van der Waals surface area contributed by atoms with Crippen LogP contribution in [0.15, 0.2) is 79.4 Å². The Balaban J connectivity index is 1.67. The van der Waals surface area contributed by atoms with Crippen LogP contribution < -0.4 is 10.3 Å². The van der Waals surface area contributed by atoms with Crippen molar-refractivity contribution >= 4 is 73.2 Å². The van der Waals surface area contributed by atoms with E-state index in [0.29, 0.717) is 48.1 Å². The van der Waals surface area contributed by atoms with Gasteiger partial charge < -0.3 is 13.9 Å². The molecule has 2 aromatic heterocycles. The Bertz CT molecular complexity index is 1760. The number of esters is 1. The summed E-state index contributed by atoms with van der Waals surface area (Å²) >= 11 is 15.8. The van der Waals surface area contributed by atoms with Crippen LogP contribution in [0, 0.1) is 0 Å². The van der Waals surface area contributed by atoms with Crippen molar-refractivity contribution in [3.8, 4) is 17.3 Å². The Kier molecular flexibility index (Phi) is 7.01. The standard InChI is InChI=1S/C26H16BrCl2N3O5/c1-35-23(33)13-36-24-15(9-17(29)11-19(24)27)12-30-32-25(31-20-5-3-2-4-18(20)26(32)34)22-10-14-8-16(28)6-7-21(14)37-22/h2-12H,13H2,1H3. The van der Waals surface area contributed by atoms with Gasteiger partial charge in [-0.2, -0.15) is 9.78 Å². The molecule has 5 aromatic rings. The second kappa shape index (κ2) is 10.4. The van der Waals surface area contributed by atoms with Gasteiger partial charge in [-0.1, -0.05) is 35.3 Å². The lowest BCUT2D eigenvalue weighted by atomic mass is 10.2. The van der Waals surface area contributed by atoms with Crippen LogP contribution >= 0.6 is 39.1 Å². The molecule has 0 aliphatic carbocycles. The lowest BCUT2D eigenvalue weighted by Crippen LogP contribution is -2.20. The molecule has 0 aliphatic rings. The average molecular weight is 601 g/mol. The van der Waals surface area contributed by atoms with Crippen LogP contribution in [0.3, 0.4) is 0 Å². The van der Waals surface area contributed by atoms with E-state index >= 15 is 0 Å². The second-order valence-electron chi connectivity index (χ2n) is 7.78. The molecule has 0 unspecified atom stereocenters. The zero-order valence-electron chi connectivity index (χ0n) is 19.1. The Morgan fingerprint density at radius 2 is 1.95 bits per heavy atom. The number of rotatable bonds is 6. The summed E-state index contributed by atoms with van der Waals surface area (Å²) in [6, 6.07) is 17.1. The zero-order chi connectivity index (χ0) is 26.1. The molecule has 0 spiro atoms. The van der Waals surface area contributed by atoms with E-state index in [1.165, 1.54) is 13.3 Å². The number of carbonyl (C=O) groups is 1. The zero-order valence-corrected chi connectivity index (χ0v) is 22.2. The monoisotopic (exact) mass is 599 g/mol. The molecule has 0 aliphatic heterocycles. The molecular formula is C26H16BrCl2N3O5. The number of nitrogens with zero attached hydrogens (tertiary/aromatic N) is 3. The summed E-state index contributed by atoms with van der Waals surface area (Å²) < 4.78 is 17.9. The lowest BCUT2D eigenvalue weighted by Gasteiger charge is -2.11. The van der Waals surface area contributed by atoms with E-state index in [4.69, 9.17) is 32.4 Å². The number of furan rings is 1. The van der Waals surface area contributed by atoms with Crippen LogP contribution in [-0.2, 0) is 9.53 Å². The Morgan fingerprint density at radius 1 is 1.14 bits per heavy atom. The third-order valence-corrected chi connectivity index (χ3v) is 6.41. The highest BCUT2D eigenvalue weighted by molar-refractivity contribution is 9.10. The number of para-hydroxylation sites is 1. The minimum absolute atomic E-state index is 0.186. The average Bonchev–Trinajstić information content (AvgIpc) is 3.30. The topological polar surface area (TPSA) is 95.9 Å². The van der Waals surface area contributed by atoms with Gasteiger partial charge >= 0.3 is 5.97 Å². The molecule has 5 rings (SSSR count). The number of halogens is 3. The number of methoxy groups -OCH3 is 1. The number of carbonyl (C=O) groups excluding carboxylic acids is 1. The van der Waals surface area contributed by atoms with Gasteiger partial charge in [0.25, 0.3) is 5.56 Å². The molecule has 3 aromatic carbocycles. The van der Waals surface area contributed by atoms with Gasteiger partial charge in [-0.3, -0.25) is 4.79 Å². The number of hydrogen-bond acceptors (Lipinski definition) is 7. The van der Waals surface area contributed by atoms with Gasteiger partial charge in [-0.05, 0) is 64.5 Å². The maximum Gasteiger partial charge on any atom is 0.343 e. The van der Waals surface area contributed by atoms with Crippen molar-refractivity contribution in [2.75, 3.05) is 13.7 Å². The number of ether oxygens (including phenoxy) is 2. The minimum Gasteiger partial charge on any atom is -0.480 e. The molecule has 0 atom stereocenters. The molecule has 0 N–H and O–H groups in total. The van der Waals surface area contributed by atoms with E-state index in [0.717, 1.165) is 10.1 Å². The van der Waals surface area contributed by atoms with Crippen molar-refractivity contribution in [3.63, 3.8) is 0 Å². The van der Waals surface area contributed by atoms with Crippen LogP contribution in [0.2, 0.25) is 10.0 Å². The van der Waals surface area contributed by atoms with Crippen molar-refractivity contribution in [2.24, 2.45) is 5.10 Å². The van der Waals surface area contributed by atoms with E-state index in [-0.39, 0.29) is 12.4 Å². The summed E-state index contributed by atoms with van der Waals surface area (Å²) in [7, 11) is 1.26. The molecule has 0 radical (unpaired) electrons. The van der Waals surface area contributed by atoms with E-state index in [1.54, 1.807) is 60.7 Å². The lowest BCUT2D eigenvalue weighted by molar-refractivity contribution is -0.142. The maximum absolute atomic E-state index is 13.5. The van der Waals surface area contributed by atoms with E-state index in [9.17, 15) is 9.59 Å². The highest BCUT2D eigenvalue weighted by Gasteiger charge is 2.17. The van der Waals surface area contributed by atoms with Gasteiger partial charge in [-0.15, -0.1) is 0 Å². The van der Waals surface area contributed by atoms with Crippen LogP contribution in [-0.4, -0.2) is 35.6 Å². The fourth-order valence-electron chi connectivity index (χ4n) is 3.65. The third-order valence-electron chi connectivity index (χ3n) is 5.36. The van der Waals surface area contributed by atoms with Gasteiger partial charge in [0.15, 0.2) is 12.4 Å². The summed E-state index contributed by atoms with van der Waals surface area (Å²) in [6.45, 7) is -0.332. The Morgan fingerprint density at radius 3 is 2.76 bits per heavy atom. The van der Waals surface area contributed by atoms with Crippen LogP contribution in [0.25, 0.3) is 33.5 Å². The molecule has 0 saturated carbocycles. The van der Waals surface area contributed by atoms with Gasteiger partial charge in [0, 0.05) is 21.0 Å². The van der Waals surface area contributed by atoms with Gasteiger partial charge in [-0.25, -0.2) is 9.78 Å². The molecule has 11 heteroatoms. The summed E-state index contributed by atoms with van der Waals surface area (Å²) in [6.07, 6.45) is 1.39. The number of hydrogen-bond donors (Lipinski definition) is 0. The van der Waals surface area contributed by atoms with E-state index in [1.807, 2.05) is 0 Å². The summed E-state index contributed by atoms with van der Waals surface area (Å²) in [5, 5.41) is 6.49. The summed E-state index contributed by atoms with van der Waals surface area (Å²) in [5.41, 5.74) is 1.06. The maximum atomic E-state index is 13.5. The molecular weight excluding hydrogens is 585 g/mol. The molecule has 0 bridgehead atoms. The molecule has 0 fully saturated rings. The predicted octanol–water partition coefficient (Wildman–Crippen LogP) is 6.31. The Labute approximate surface area is 228 Å². The van der Waals surface area contributed by atoms with Gasteiger partial charge in [0.1, 0.15) is 11.3 Å². The van der Waals surface area contributed by atoms with Crippen LogP contribution in [0.4, 0.5) is 0 Å². The van der Waals surface area contributed by atoms with Crippen molar-refractivity contribution in [1.29, 1.82) is 0 Å². The van der Waals surface area contributed by atoms with E-state index in [2.05, 4.69) is 30.8 Å². The number of benzene rings is 3. The van der Waals surface area contributed by atoms with Gasteiger partial charge in [0.2, 0.25) is 5.82 Å². The fraction of sp³-hybridized carbons (Fsp3) is 0.0769. The molecule has 0 amide bonds. The SMILES string of the molecule is COC(=O)COc1c(Br)cc(Cl)cc1C=Nn1c(-c2cc3cc(Cl)ccc3o2)nc2ccccc2c1=O. The first-order chi connectivity index (χ1) is 17.8. The van der Waals surface area contributed by atoms with Crippen LogP contribution in [0.1, 0.15) is 5.56 Å². The molecule has 186 valence electrons. The van der Waals surface area contributed by atoms with Crippen molar-refractivity contribution < 1.29 is 18.7 Å². The molecule has 37 heavy (non-hydrogen) atoms. The number of aromatic nitrogens is 2. The quantitative estimate of drug-likeness (QED) is 0.167. The first kappa shape index (κ1) is 25.0. The van der Waals surface area contributed by atoms with Crippen molar-refractivity contribution in [2.45, 2.75) is 0 Å². The highest BCUT2D eigenvalue weighted by atomic mass is 79.9. The molecule has 0 saturated heterocycles. The fourth-order valence-corrected chi connectivity index (χ4v) is 4.78. The Hall–Kier alpha value is -3.66. The summed E-state index contributed by atoms with van der Waals surface area (Å²) in [5.74, 6) is 0.240. The predicted molar refractivity (Wildman–Crippen MR) is 146 cm³/mol. The first-order valence-corrected chi connectivity index (χ1v) is 12.3. The van der Waals surface area contributed by atoms with Crippen LogP contribution in [0.5, 0.6) is 5.75 Å². The molecule has 2 heterocycles. The third kappa shape index (κ3) is 5.11. The highest BCUT2D eigenvalue weighted by Crippen LogP contribution is 2.33. The second-order valence-corrected chi connectivity index (χ2v) is 9.50. The van der Waals surface area contributed by atoms with Crippen molar-refractivity contribution in [3.05, 3.63) is 91.1 Å². The van der Waals surface area contributed by atoms with E-state index < -0.39 is 11.5 Å². The summed E-state index contributed by atoms with van der Waals surface area (Å²) in [4.78, 5) is 29.8. The molecule has 8 nitrogen and oxygen atoms in total. The smallest absolute Gasteiger partial charge is 0.343 e. The first-order valence-electron chi connectivity index (χ1n) is 10.8. The minimum atomic E-state index is -0.563. The largest absolute Gasteiger partial charge is 0.480 e. The number of fused-ring (bicyclic) bond motifs is 2. The van der Waals surface area contributed by atoms with Gasteiger partial charge in [0.05, 0.1) is 28.7 Å².